The van der Waals surface area contributed by atoms with Crippen LogP contribution in [0.2, 0.25) is 0 Å². The van der Waals surface area contributed by atoms with E-state index in [0.29, 0.717) is 22.5 Å². The first-order valence-electron chi connectivity index (χ1n) is 7.08. The lowest BCUT2D eigenvalue weighted by Crippen LogP contribution is -2.19. The molecule has 2 atom stereocenters. The van der Waals surface area contributed by atoms with Crippen LogP contribution in [0.4, 0.5) is 0 Å². The number of aromatic nitrogens is 2. The summed E-state index contributed by atoms with van der Waals surface area (Å²) in [6, 6.07) is 8.05. The van der Waals surface area contributed by atoms with Gasteiger partial charge in [0.2, 0.25) is 0 Å². The largest absolute Gasteiger partial charge is 0.476 e. The number of aliphatic hydroxyl groups is 1. The molecule has 1 unspecified atom stereocenters. The molecule has 0 aliphatic rings. The van der Waals surface area contributed by atoms with Crippen molar-refractivity contribution < 1.29 is 19.7 Å². The highest BCUT2D eigenvalue weighted by Crippen LogP contribution is 2.31. The molecule has 1 aromatic heterocycles. The Hall–Kier alpha value is -2.21. The Bertz CT molecular complexity index is 780. The number of halogens is 1. The molecule has 0 aliphatic carbocycles. The van der Waals surface area contributed by atoms with Gasteiger partial charge in [0.25, 0.3) is 0 Å². The lowest BCUT2D eigenvalue weighted by molar-refractivity contribution is 0.0683. The summed E-state index contributed by atoms with van der Waals surface area (Å²) in [6.07, 6.45) is -1.21. The lowest BCUT2D eigenvalue weighted by Gasteiger charge is -2.20. The Morgan fingerprint density at radius 3 is 2.58 bits per heavy atom. The standard InChI is InChI=1S/C16H16BrN3O4/c1-9(8-24-2)20-13(12(15(22)23)19-16(20)17)14(21)11-5-3-10(7-18)4-6-11/h3-6,9,14,21H,8H2,1-2H3,(H,22,23)/t9-,14?/m1/s1. The number of carbonyl (C=O) groups is 1. The van der Waals surface area contributed by atoms with E-state index in [9.17, 15) is 15.0 Å². The van der Waals surface area contributed by atoms with E-state index in [1.54, 1.807) is 28.8 Å². The Labute approximate surface area is 147 Å². The van der Waals surface area contributed by atoms with Crippen molar-refractivity contribution in [2.24, 2.45) is 0 Å². The second-order valence-corrected chi connectivity index (χ2v) is 5.94. The Kier molecular flexibility index (Phi) is 5.72. The van der Waals surface area contributed by atoms with Crippen LogP contribution in [0.3, 0.4) is 0 Å². The van der Waals surface area contributed by atoms with E-state index in [1.807, 2.05) is 13.0 Å². The quantitative estimate of drug-likeness (QED) is 0.780. The van der Waals surface area contributed by atoms with E-state index in [1.165, 1.54) is 7.11 Å². The highest BCUT2D eigenvalue weighted by Gasteiger charge is 2.29. The number of imidazole rings is 1. The van der Waals surface area contributed by atoms with Crippen molar-refractivity contribution in [3.63, 3.8) is 0 Å². The predicted octanol–water partition coefficient (Wildman–Crippen LogP) is 2.50. The molecule has 126 valence electrons. The molecule has 2 N–H and O–H groups in total. The van der Waals surface area contributed by atoms with Gasteiger partial charge in [0.05, 0.1) is 30.0 Å². The van der Waals surface area contributed by atoms with Gasteiger partial charge in [0, 0.05) is 7.11 Å². The number of methoxy groups -OCH3 is 1. The third kappa shape index (κ3) is 3.48. The number of aromatic carboxylic acids is 1. The van der Waals surface area contributed by atoms with Crippen molar-refractivity contribution in [1.82, 2.24) is 9.55 Å². The molecule has 0 saturated heterocycles. The molecule has 1 aromatic carbocycles. The van der Waals surface area contributed by atoms with Gasteiger partial charge < -0.3 is 19.5 Å². The minimum atomic E-state index is -1.23. The molecule has 0 saturated carbocycles. The molecule has 2 rings (SSSR count). The molecular weight excluding hydrogens is 378 g/mol. The van der Waals surface area contributed by atoms with Crippen molar-refractivity contribution in [1.29, 1.82) is 5.26 Å². The third-order valence-electron chi connectivity index (χ3n) is 3.57. The molecule has 0 radical (unpaired) electrons. The van der Waals surface area contributed by atoms with Gasteiger partial charge in [0.15, 0.2) is 10.4 Å². The van der Waals surface area contributed by atoms with Gasteiger partial charge in [-0.05, 0) is 40.5 Å². The molecule has 7 nitrogen and oxygen atoms in total. The van der Waals surface area contributed by atoms with Crippen LogP contribution in [0.1, 0.15) is 46.4 Å². The first-order chi connectivity index (χ1) is 11.4. The summed E-state index contributed by atoms with van der Waals surface area (Å²) in [5.41, 5.74) is 0.840. The summed E-state index contributed by atoms with van der Waals surface area (Å²) in [5, 5.41) is 29.0. The smallest absolute Gasteiger partial charge is 0.356 e. The summed E-state index contributed by atoms with van der Waals surface area (Å²) < 4.78 is 7.01. The number of benzene rings is 1. The average molecular weight is 394 g/mol. The van der Waals surface area contributed by atoms with E-state index in [0.717, 1.165) is 0 Å². The van der Waals surface area contributed by atoms with Crippen LogP contribution >= 0.6 is 15.9 Å². The average Bonchev–Trinajstić information content (AvgIpc) is 2.92. The maximum Gasteiger partial charge on any atom is 0.356 e. The summed E-state index contributed by atoms with van der Waals surface area (Å²) in [4.78, 5) is 15.5. The van der Waals surface area contributed by atoms with Gasteiger partial charge >= 0.3 is 5.97 Å². The lowest BCUT2D eigenvalue weighted by atomic mass is 10.0. The highest BCUT2D eigenvalue weighted by molar-refractivity contribution is 9.10. The second kappa shape index (κ2) is 7.57. The molecule has 0 amide bonds. The first-order valence-corrected chi connectivity index (χ1v) is 7.88. The summed E-state index contributed by atoms with van der Waals surface area (Å²) in [5.74, 6) is -1.23. The van der Waals surface area contributed by atoms with Crippen LogP contribution in [0.5, 0.6) is 0 Å². The maximum absolute atomic E-state index is 11.5. The topological polar surface area (TPSA) is 108 Å². The van der Waals surface area contributed by atoms with Gasteiger partial charge in [-0.2, -0.15) is 5.26 Å². The Morgan fingerprint density at radius 2 is 2.08 bits per heavy atom. The van der Waals surface area contributed by atoms with Crippen LogP contribution < -0.4 is 0 Å². The van der Waals surface area contributed by atoms with Crippen LogP contribution in [-0.4, -0.2) is 39.5 Å². The Balaban J connectivity index is 2.56. The number of hydrogen-bond donors (Lipinski definition) is 2. The van der Waals surface area contributed by atoms with E-state index >= 15 is 0 Å². The van der Waals surface area contributed by atoms with Crippen molar-refractivity contribution in [3.8, 4) is 6.07 Å². The number of ether oxygens (including phenoxy) is 1. The van der Waals surface area contributed by atoms with Crippen molar-refractivity contribution in [2.75, 3.05) is 13.7 Å². The fourth-order valence-corrected chi connectivity index (χ4v) is 3.19. The second-order valence-electron chi connectivity index (χ2n) is 5.23. The molecule has 2 aromatic rings. The number of nitriles is 1. The number of nitrogens with zero attached hydrogens (tertiary/aromatic N) is 3. The summed E-state index contributed by atoms with van der Waals surface area (Å²) in [6.45, 7) is 2.15. The van der Waals surface area contributed by atoms with Gasteiger partial charge in [-0.15, -0.1) is 0 Å². The van der Waals surface area contributed by atoms with Crippen LogP contribution in [0.25, 0.3) is 0 Å². The van der Waals surface area contributed by atoms with E-state index in [-0.39, 0.29) is 17.4 Å². The maximum atomic E-state index is 11.5. The molecule has 0 bridgehead atoms. The zero-order chi connectivity index (χ0) is 17.9. The Morgan fingerprint density at radius 1 is 1.46 bits per heavy atom. The molecule has 8 heteroatoms. The zero-order valence-corrected chi connectivity index (χ0v) is 14.7. The monoisotopic (exact) mass is 393 g/mol. The fraction of sp³-hybridized carbons (Fsp3) is 0.312. The van der Waals surface area contributed by atoms with Crippen LogP contribution in [-0.2, 0) is 4.74 Å². The predicted molar refractivity (Wildman–Crippen MR) is 88.7 cm³/mol. The van der Waals surface area contributed by atoms with Gasteiger partial charge in [-0.25, -0.2) is 9.78 Å². The molecule has 1 heterocycles. The molecule has 24 heavy (non-hydrogen) atoms. The number of carboxylic acid groups (broad SMARTS) is 1. The molecule has 0 spiro atoms. The molecule has 0 fully saturated rings. The number of aliphatic hydroxyl groups excluding tert-OH is 1. The van der Waals surface area contributed by atoms with E-state index in [4.69, 9.17) is 10.00 Å². The van der Waals surface area contributed by atoms with E-state index in [2.05, 4.69) is 20.9 Å². The zero-order valence-electron chi connectivity index (χ0n) is 13.1. The normalized spacial score (nSPS) is 13.3. The van der Waals surface area contributed by atoms with Crippen molar-refractivity contribution in [2.45, 2.75) is 19.1 Å². The van der Waals surface area contributed by atoms with Gasteiger partial charge in [-0.3, -0.25) is 0 Å². The fourth-order valence-electron chi connectivity index (χ4n) is 2.47. The van der Waals surface area contributed by atoms with Gasteiger partial charge in [-0.1, -0.05) is 12.1 Å². The van der Waals surface area contributed by atoms with Crippen molar-refractivity contribution >= 4 is 21.9 Å². The SMILES string of the molecule is COC[C@@H](C)n1c(Br)nc(C(=O)O)c1C(O)c1ccc(C#N)cc1. The number of rotatable bonds is 6. The van der Waals surface area contributed by atoms with Crippen molar-refractivity contribution in [3.05, 3.63) is 51.5 Å². The van der Waals surface area contributed by atoms with Crippen LogP contribution in [0, 0.1) is 11.3 Å². The van der Waals surface area contributed by atoms with Crippen LogP contribution in [0.15, 0.2) is 29.0 Å². The molecular formula is C16H16BrN3O4. The number of hydrogen-bond acceptors (Lipinski definition) is 5. The minimum Gasteiger partial charge on any atom is -0.476 e. The summed E-state index contributed by atoms with van der Waals surface area (Å²) in [7, 11) is 1.54. The van der Waals surface area contributed by atoms with E-state index < -0.39 is 12.1 Å². The highest BCUT2D eigenvalue weighted by atomic mass is 79.9. The number of carboxylic acids is 1. The molecule has 0 aliphatic heterocycles. The van der Waals surface area contributed by atoms with Gasteiger partial charge in [0.1, 0.15) is 6.10 Å². The minimum absolute atomic E-state index is 0.156. The third-order valence-corrected chi connectivity index (χ3v) is 4.13. The summed E-state index contributed by atoms with van der Waals surface area (Å²) >= 11 is 3.25. The first kappa shape index (κ1) is 18.1.